The monoisotopic (exact) mass is 353 g/mol. The van der Waals surface area contributed by atoms with Crippen molar-refractivity contribution in [3.05, 3.63) is 64.4 Å². The number of halogens is 2. The van der Waals surface area contributed by atoms with E-state index in [0.29, 0.717) is 6.04 Å². The molecule has 1 N–H and O–H groups in total. The summed E-state index contributed by atoms with van der Waals surface area (Å²) in [5, 5.41) is 3.32. The first-order chi connectivity index (χ1) is 9.67. The van der Waals surface area contributed by atoms with Crippen molar-refractivity contribution < 1.29 is 4.39 Å². The summed E-state index contributed by atoms with van der Waals surface area (Å²) in [6, 6.07) is 15.5. The lowest BCUT2D eigenvalue weighted by Crippen LogP contribution is -2.30. The number of likely N-dealkylation sites (N-methyl/N-ethyl adjacent to an activating group) is 1. The molecule has 0 aromatic heterocycles. The summed E-state index contributed by atoms with van der Waals surface area (Å²) in [5.74, 6) is 0.736. The number of hydrogen-bond acceptors (Lipinski definition) is 2. The zero-order valence-corrected chi connectivity index (χ0v) is 13.7. The van der Waals surface area contributed by atoms with Crippen LogP contribution in [0.15, 0.2) is 57.9 Å². The Kier molecular flexibility index (Phi) is 6.07. The fraction of sp³-hybridized carbons (Fsp3) is 0.250. The molecular weight excluding hydrogens is 337 g/mol. The third-order valence-corrected chi connectivity index (χ3v) is 4.74. The Labute approximate surface area is 132 Å². The molecule has 0 spiro atoms. The lowest BCUT2D eigenvalue weighted by atomic mass is 10.1. The fourth-order valence-electron chi connectivity index (χ4n) is 1.90. The van der Waals surface area contributed by atoms with E-state index >= 15 is 0 Å². The first-order valence-electron chi connectivity index (χ1n) is 6.47. The van der Waals surface area contributed by atoms with Gasteiger partial charge in [-0.05, 0) is 49.4 Å². The van der Waals surface area contributed by atoms with E-state index in [1.165, 1.54) is 11.6 Å². The summed E-state index contributed by atoms with van der Waals surface area (Å²) in [7, 11) is 1.97. The molecule has 20 heavy (non-hydrogen) atoms. The van der Waals surface area contributed by atoms with Gasteiger partial charge in [0.05, 0.1) is 0 Å². The molecule has 4 heteroatoms. The first-order valence-corrected chi connectivity index (χ1v) is 8.25. The topological polar surface area (TPSA) is 12.0 Å². The summed E-state index contributed by atoms with van der Waals surface area (Å²) in [6.07, 6.45) is 0.964. The molecular formula is C16H17BrFNS. The van der Waals surface area contributed by atoms with Crippen LogP contribution >= 0.6 is 27.7 Å². The van der Waals surface area contributed by atoms with Crippen LogP contribution in [-0.2, 0) is 6.42 Å². The summed E-state index contributed by atoms with van der Waals surface area (Å²) in [6.45, 7) is 0. The van der Waals surface area contributed by atoms with Gasteiger partial charge < -0.3 is 5.32 Å². The third kappa shape index (κ3) is 4.93. The Morgan fingerprint density at radius 2 is 1.95 bits per heavy atom. The Morgan fingerprint density at radius 3 is 2.60 bits per heavy atom. The van der Waals surface area contributed by atoms with Crippen molar-refractivity contribution in [2.24, 2.45) is 0 Å². The van der Waals surface area contributed by atoms with Gasteiger partial charge in [-0.15, -0.1) is 11.8 Å². The quantitative estimate of drug-likeness (QED) is 0.766. The van der Waals surface area contributed by atoms with Gasteiger partial charge in [-0.25, -0.2) is 4.39 Å². The zero-order chi connectivity index (χ0) is 14.4. The summed E-state index contributed by atoms with van der Waals surface area (Å²) >= 11 is 5.12. The van der Waals surface area contributed by atoms with Crippen molar-refractivity contribution >= 4 is 27.7 Å². The van der Waals surface area contributed by atoms with Crippen LogP contribution < -0.4 is 5.32 Å². The van der Waals surface area contributed by atoms with Gasteiger partial charge in [0.2, 0.25) is 0 Å². The molecule has 2 aromatic rings. The van der Waals surface area contributed by atoms with Gasteiger partial charge in [0, 0.05) is 21.2 Å². The van der Waals surface area contributed by atoms with Crippen molar-refractivity contribution in [2.45, 2.75) is 17.4 Å². The van der Waals surface area contributed by atoms with E-state index in [9.17, 15) is 4.39 Å². The molecule has 0 aliphatic heterocycles. The highest BCUT2D eigenvalue weighted by molar-refractivity contribution is 9.10. The van der Waals surface area contributed by atoms with E-state index in [4.69, 9.17) is 0 Å². The number of thioether (sulfide) groups is 1. The molecule has 0 fully saturated rings. The van der Waals surface area contributed by atoms with Crippen molar-refractivity contribution in [3.63, 3.8) is 0 Å². The van der Waals surface area contributed by atoms with Gasteiger partial charge in [0.15, 0.2) is 0 Å². The molecule has 2 aromatic carbocycles. The van der Waals surface area contributed by atoms with E-state index in [1.807, 2.05) is 13.1 Å². The maximum absolute atomic E-state index is 13.1. The molecule has 1 atom stereocenters. The Bertz CT molecular complexity index is 544. The maximum Gasteiger partial charge on any atom is 0.124 e. The average Bonchev–Trinajstić information content (AvgIpc) is 2.45. The van der Waals surface area contributed by atoms with Crippen LogP contribution in [0, 0.1) is 5.82 Å². The highest BCUT2D eigenvalue weighted by atomic mass is 79.9. The highest BCUT2D eigenvalue weighted by Gasteiger charge is 2.08. The molecule has 2 rings (SSSR count). The second-order valence-electron chi connectivity index (χ2n) is 4.58. The predicted molar refractivity (Wildman–Crippen MR) is 87.8 cm³/mol. The molecule has 0 heterocycles. The first kappa shape index (κ1) is 15.5. The van der Waals surface area contributed by atoms with Gasteiger partial charge >= 0.3 is 0 Å². The van der Waals surface area contributed by atoms with Gasteiger partial charge in [0.1, 0.15) is 5.82 Å². The number of rotatable bonds is 6. The molecule has 0 aliphatic rings. The molecule has 0 amide bonds. The minimum Gasteiger partial charge on any atom is -0.316 e. The van der Waals surface area contributed by atoms with Crippen molar-refractivity contribution in [2.75, 3.05) is 12.8 Å². The van der Waals surface area contributed by atoms with Crippen LogP contribution in [0.4, 0.5) is 4.39 Å². The van der Waals surface area contributed by atoms with E-state index in [0.717, 1.165) is 21.5 Å². The number of hydrogen-bond donors (Lipinski definition) is 1. The molecule has 1 unspecified atom stereocenters. The van der Waals surface area contributed by atoms with E-state index in [1.54, 1.807) is 23.9 Å². The van der Waals surface area contributed by atoms with Gasteiger partial charge in [-0.3, -0.25) is 0 Å². The average molecular weight is 354 g/mol. The maximum atomic E-state index is 13.1. The van der Waals surface area contributed by atoms with Crippen molar-refractivity contribution in [1.29, 1.82) is 0 Å². The van der Waals surface area contributed by atoms with Crippen LogP contribution in [0.3, 0.4) is 0 Å². The second-order valence-corrected chi connectivity index (χ2v) is 6.59. The van der Waals surface area contributed by atoms with Crippen LogP contribution in [-0.4, -0.2) is 18.8 Å². The molecule has 0 bridgehead atoms. The van der Waals surface area contributed by atoms with Crippen LogP contribution in [0.25, 0.3) is 0 Å². The molecule has 0 aliphatic carbocycles. The molecule has 0 radical (unpaired) electrons. The Balaban J connectivity index is 1.90. The van der Waals surface area contributed by atoms with Gasteiger partial charge in [-0.2, -0.15) is 0 Å². The molecule has 0 saturated carbocycles. The normalized spacial score (nSPS) is 12.3. The standard InChI is InChI=1S/C16H17BrFNS/c1-19-15(9-12-5-7-13(17)8-6-12)11-20-16-4-2-3-14(18)10-16/h2-8,10,15,19H,9,11H2,1H3. The van der Waals surface area contributed by atoms with E-state index < -0.39 is 0 Å². The summed E-state index contributed by atoms with van der Waals surface area (Å²) in [5.41, 5.74) is 1.30. The molecule has 1 nitrogen and oxygen atoms in total. The minimum absolute atomic E-state index is 0.177. The predicted octanol–water partition coefficient (Wildman–Crippen LogP) is 4.51. The Morgan fingerprint density at radius 1 is 1.20 bits per heavy atom. The second kappa shape index (κ2) is 7.81. The highest BCUT2D eigenvalue weighted by Crippen LogP contribution is 2.21. The number of nitrogens with one attached hydrogen (secondary N) is 1. The van der Waals surface area contributed by atoms with Crippen LogP contribution in [0.2, 0.25) is 0 Å². The third-order valence-electron chi connectivity index (χ3n) is 3.05. The SMILES string of the molecule is CNC(CSc1cccc(F)c1)Cc1ccc(Br)cc1. The number of benzene rings is 2. The van der Waals surface area contributed by atoms with Crippen molar-refractivity contribution in [1.82, 2.24) is 5.32 Å². The summed E-state index contributed by atoms with van der Waals surface area (Å²) in [4.78, 5) is 0.973. The lowest BCUT2D eigenvalue weighted by Gasteiger charge is -2.16. The lowest BCUT2D eigenvalue weighted by molar-refractivity contribution is 0.615. The molecule has 0 saturated heterocycles. The largest absolute Gasteiger partial charge is 0.316 e. The summed E-state index contributed by atoms with van der Waals surface area (Å²) < 4.78 is 14.2. The smallest absolute Gasteiger partial charge is 0.124 e. The fourth-order valence-corrected chi connectivity index (χ4v) is 3.22. The van der Waals surface area contributed by atoms with Gasteiger partial charge in [-0.1, -0.05) is 34.1 Å². The minimum atomic E-state index is -0.177. The van der Waals surface area contributed by atoms with Gasteiger partial charge in [0.25, 0.3) is 0 Å². The van der Waals surface area contributed by atoms with E-state index in [2.05, 4.69) is 45.5 Å². The van der Waals surface area contributed by atoms with E-state index in [-0.39, 0.29) is 5.82 Å². The Hall–Kier alpha value is -0.840. The van der Waals surface area contributed by atoms with Crippen LogP contribution in [0.1, 0.15) is 5.56 Å². The molecule has 106 valence electrons. The zero-order valence-electron chi connectivity index (χ0n) is 11.3. The van der Waals surface area contributed by atoms with Crippen molar-refractivity contribution in [3.8, 4) is 0 Å². The van der Waals surface area contributed by atoms with Crippen LogP contribution in [0.5, 0.6) is 0 Å².